The molecule has 1 atom stereocenters. The van der Waals surface area contributed by atoms with Crippen molar-refractivity contribution < 1.29 is 35.8 Å². The Bertz CT molecular complexity index is 854. The Balaban J connectivity index is 0. The number of allylic oxidation sites excluding steroid dienone is 4. The molecule has 0 fully saturated rings. The Kier molecular flexibility index (Phi) is 15.9. The first-order chi connectivity index (χ1) is 13.7. The van der Waals surface area contributed by atoms with Crippen LogP contribution in [0.5, 0.6) is 5.75 Å². The number of nitrogens with two attached hydrogens (primary N) is 1. The molecule has 0 aliphatic heterocycles. The topological polar surface area (TPSA) is 94.9 Å². The van der Waals surface area contributed by atoms with Gasteiger partial charge in [0, 0.05) is 39.8 Å². The fraction of sp³-hybridized carbons (Fsp3) is 0.174. The van der Waals surface area contributed by atoms with Crippen molar-refractivity contribution in [3.63, 3.8) is 0 Å². The Morgan fingerprint density at radius 3 is 2.07 bits per heavy atom. The van der Waals surface area contributed by atoms with Gasteiger partial charge in [0.2, 0.25) is 0 Å². The largest absolute Gasteiger partial charge is 0 e. The summed E-state index contributed by atoms with van der Waals surface area (Å²) in [5.41, 5.74) is 11.9. The van der Waals surface area contributed by atoms with Gasteiger partial charge in [0.1, 0.15) is 5.75 Å². The summed E-state index contributed by atoms with van der Waals surface area (Å²) in [6.45, 7) is 15.6. The molecule has 2 N–H and O–H groups in total. The summed E-state index contributed by atoms with van der Waals surface area (Å²) in [4.78, 5) is 0. The Morgan fingerprint density at radius 2 is 1.59 bits per heavy atom. The van der Waals surface area contributed by atoms with Crippen molar-refractivity contribution in [3.8, 4) is 16.9 Å². The molecule has 0 radical (unpaired) electrons. The minimum absolute atomic E-state index is 0. The second kappa shape index (κ2) is 16.2. The van der Waals surface area contributed by atoms with E-state index in [1.807, 2.05) is 18.2 Å². The van der Waals surface area contributed by atoms with Crippen LogP contribution >= 0.6 is 0 Å². The van der Waals surface area contributed by atoms with E-state index >= 15 is 0 Å². The minimum atomic E-state index is 0. The van der Waals surface area contributed by atoms with E-state index in [2.05, 4.69) is 69.4 Å². The Hall–Kier alpha value is -2.74. The van der Waals surface area contributed by atoms with Crippen molar-refractivity contribution in [2.75, 3.05) is 12.8 Å². The van der Waals surface area contributed by atoms with Crippen LogP contribution in [-0.4, -0.2) is 7.11 Å². The maximum absolute atomic E-state index is 7.50. The van der Waals surface area contributed by atoms with E-state index in [0.717, 1.165) is 40.1 Å². The maximum atomic E-state index is 7.50. The normalized spacial score (nSPS) is 12.9. The predicted octanol–water partition coefficient (Wildman–Crippen LogP) is 4.74. The van der Waals surface area contributed by atoms with E-state index in [1.54, 1.807) is 7.11 Å². The monoisotopic (exact) mass is 431 g/mol. The Morgan fingerprint density at radius 1 is 1.00 bits per heavy atom. The number of hydrogen-bond acceptors (Lipinski definition) is 2. The van der Waals surface area contributed by atoms with Crippen LogP contribution in [0.1, 0.15) is 23.5 Å². The number of hydrogen-bond donors (Lipinski definition) is 1. The summed E-state index contributed by atoms with van der Waals surface area (Å²) in [5, 5.41) is 0. The van der Waals surface area contributed by atoms with E-state index in [0.29, 0.717) is 5.92 Å². The van der Waals surface area contributed by atoms with E-state index < -0.39 is 0 Å². The third-order valence-electron chi connectivity index (χ3n) is 4.27. The summed E-state index contributed by atoms with van der Waals surface area (Å²) >= 11 is 0. The van der Waals surface area contributed by atoms with Crippen LogP contribution in [0.3, 0.4) is 0 Å². The zero-order valence-corrected chi connectivity index (χ0v) is 17.2. The second-order valence-electron chi connectivity index (χ2n) is 5.60. The Labute approximate surface area is 182 Å². The average Bonchev–Trinajstić information content (AvgIpc) is 2.79. The number of rotatable bonds is 3. The summed E-state index contributed by atoms with van der Waals surface area (Å²) in [6.07, 6.45) is 9.52. The van der Waals surface area contributed by atoms with Crippen molar-refractivity contribution >= 4 is 5.69 Å². The molecule has 29 heavy (non-hydrogen) atoms. The van der Waals surface area contributed by atoms with E-state index in [-0.39, 0.29) is 17.1 Å². The SMILES string of the molecule is COc1cc([C@H]2C=CC=CC2)c(N)c(-c2ccccc2)c1C.[C-]#[O+].[C-]#[O+].[C-]#[O+].[Fe]. The van der Waals surface area contributed by atoms with Crippen LogP contribution in [0.15, 0.2) is 60.7 Å². The first kappa shape index (κ1) is 28.5. The van der Waals surface area contributed by atoms with Gasteiger partial charge in [-0.05, 0) is 30.5 Å². The van der Waals surface area contributed by atoms with Gasteiger partial charge in [-0.1, -0.05) is 54.6 Å². The molecular formula is C23H21FeNO4. The van der Waals surface area contributed by atoms with Gasteiger partial charge < -0.3 is 10.5 Å². The molecule has 150 valence electrons. The van der Waals surface area contributed by atoms with Gasteiger partial charge in [0.25, 0.3) is 0 Å². The molecule has 2 aromatic carbocycles. The summed E-state index contributed by atoms with van der Waals surface area (Å²) in [5.74, 6) is 1.20. The predicted molar refractivity (Wildman–Crippen MR) is 105 cm³/mol. The number of benzene rings is 2. The molecule has 3 rings (SSSR count). The maximum Gasteiger partial charge on any atom is 0 e. The van der Waals surface area contributed by atoms with Gasteiger partial charge >= 0.3 is 33.9 Å². The van der Waals surface area contributed by atoms with Gasteiger partial charge in [-0.2, -0.15) is 0 Å². The van der Waals surface area contributed by atoms with Crippen LogP contribution in [0.4, 0.5) is 5.69 Å². The molecule has 0 aromatic heterocycles. The quantitative estimate of drug-likeness (QED) is 0.329. The van der Waals surface area contributed by atoms with Crippen molar-refractivity contribution in [1.29, 1.82) is 0 Å². The third-order valence-corrected chi connectivity index (χ3v) is 4.27. The van der Waals surface area contributed by atoms with Gasteiger partial charge in [-0.3, -0.25) is 0 Å². The number of anilines is 1. The van der Waals surface area contributed by atoms with Crippen LogP contribution in [0.2, 0.25) is 0 Å². The number of ether oxygens (including phenoxy) is 1. The zero-order valence-electron chi connectivity index (χ0n) is 16.1. The van der Waals surface area contributed by atoms with Crippen LogP contribution < -0.4 is 10.5 Å². The zero-order chi connectivity index (χ0) is 21.5. The molecular weight excluding hydrogens is 410 g/mol. The van der Waals surface area contributed by atoms with E-state index in [4.69, 9.17) is 24.4 Å². The first-order valence-corrected chi connectivity index (χ1v) is 8.19. The summed E-state index contributed by atoms with van der Waals surface area (Å²) < 4.78 is 28.1. The third kappa shape index (κ3) is 7.30. The molecule has 1 aliphatic carbocycles. The molecule has 0 unspecified atom stereocenters. The molecule has 0 saturated carbocycles. The van der Waals surface area contributed by atoms with E-state index in [1.165, 1.54) is 0 Å². The van der Waals surface area contributed by atoms with E-state index in [9.17, 15) is 0 Å². The smallest absolute Gasteiger partial charge is 0 e. The molecule has 6 heteroatoms. The summed E-state index contributed by atoms with van der Waals surface area (Å²) in [6, 6.07) is 12.4. The fourth-order valence-corrected chi connectivity index (χ4v) is 3.10. The van der Waals surface area contributed by atoms with Crippen molar-refractivity contribution in [3.05, 3.63) is 91.8 Å². The van der Waals surface area contributed by atoms with Crippen molar-refractivity contribution in [1.82, 2.24) is 0 Å². The fourth-order valence-electron chi connectivity index (χ4n) is 3.10. The number of nitrogen functional groups attached to an aromatic ring is 1. The molecule has 0 bridgehead atoms. The first-order valence-electron chi connectivity index (χ1n) is 8.19. The molecule has 0 amide bonds. The van der Waals surface area contributed by atoms with Gasteiger partial charge in [-0.15, -0.1) is 0 Å². The molecule has 0 heterocycles. The standard InChI is InChI=1S/C20H21NO.3CO.Fe/c1-14-18(22-2)13-17(15-9-5-3-6-10-15)20(21)19(14)16-11-7-4-8-12-16;3*1-2;/h3-9,11-13,15H,10,21H2,1-2H3;;;;/t15-;;;;/m0..../s1. The molecule has 1 aliphatic rings. The molecule has 2 aromatic rings. The van der Waals surface area contributed by atoms with Crippen molar-refractivity contribution in [2.45, 2.75) is 19.3 Å². The molecule has 5 nitrogen and oxygen atoms in total. The van der Waals surface area contributed by atoms with Gasteiger partial charge in [0.05, 0.1) is 7.11 Å². The number of methoxy groups -OCH3 is 1. The van der Waals surface area contributed by atoms with Crippen LogP contribution in [0, 0.1) is 26.9 Å². The summed E-state index contributed by atoms with van der Waals surface area (Å²) in [7, 11) is 1.72. The van der Waals surface area contributed by atoms with Crippen LogP contribution in [-0.2, 0) is 31.0 Å². The average molecular weight is 431 g/mol. The minimum Gasteiger partial charge on any atom is 0 e. The molecule has 0 spiro atoms. The van der Waals surface area contributed by atoms with Crippen LogP contribution in [0.25, 0.3) is 11.1 Å². The van der Waals surface area contributed by atoms with Gasteiger partial charge in [-0.25, -0.2) is 0 Å². The van der Waals surface area contributed by atoms with Gasteiger partial charge in [0.15, 0.2) is 0 Å². The second-order valence-corrected chi connectivity index (χ2v) is 5.60. The van der Waals surface area contributed by atoms with Crippen molar-refractivity contribution in [2.24, 2.45) is 0 Å². The molecule has 0 saturated heterocycles.